The van der Waals surface area contributed by atoms with Gasteiger partial charge in [0.1, 0.15) is 17.4 Å². The highest BCUT2D eigenvalue weighted by molar-refractivity contribution is 7.05. The van der Waals surface area contributed by atoms with Crippen LogP contribution in [-0.4, -0.2) is 16.6 Å². The van der Waals surface area contributed by atoms with Crippen molar-refractivity contribution >= 4 is 22.5 Å². The number of hydrogen-bond acceptors (Lipinski definition) is 5. The number of hydrogen-bond donors (Lipinski definition) is 1. The molecular formula is C13H13N3OS. The first-order valence-corrected chi connectivity index (χ1v) is 6.51. The molecule has 3 rings (SSSR count). The number of rotatable bonds is 3. The average molecular weight is 259 g/mol. The highest BCUT2D eigenvalue weighted by Crippen LogP contribution is 2.30. The maximum Gasteiger partial charge on any atom is 0.134 e. The van der Waals surface area contributed by atoms with Crippen molar-refractivity contribution in [2.75, 3.05) is 7.05 Å². The zero-order chi connectivity index (χ0) is 12.5. The number of nitrogens with one attached hydrogen (secondary N) is 1. The summed E-state index contributed by atoms with van der Waals surface area (Å²) in [5.74, 6) is 0.896. The standard InChI is InChI=1S/C13H13N3OS/c1-8-13(18-16-15-8)12(14-2)11-7-9-5-3-4-6-10(9)17-11/h3-7,12,14H,1-2H3. The molecule has 1 aromatic carbocycles. The van der Waals surface area contributed by atoms with Gasteiger partial charge in [0, 0.05) is 5.39 Å². The number of aromatic nitrogens is 2. The summed E-state index contributed by atoms with van der Waals surface area (Å²) in [7, 11) is 1.91. The molecule has 0 saturated carbocycles. The predicted molar refractivity (Wildman–Crippen MR) is 71.8 cm³/mol. The molecular weight excluding hydrogens is 246 g/mol. The van der Waals surface area contributed by atoms with E-state index in [-0.39, 0.29) is 6.04 Å². The summed E-state index contributed by atoms with van der Waals surface area (Å²) < 4.78 is 9.87. The second kappa shape index (κ2) is 4.51. The van der Waals surface area contributed by atoms with Crippen molar-refractivity contribution in [2.24, 2.45) is 0 Å². The molecule has 0 spiro atoms. The van der Waals surface area contributed by atoms with Crippen LogP contribution in [0.3, 0.4) is 0 Å². The van der Waals surface area contributed by atoms with Crippen LogP contribution in [0.15, 0.2) is 34.7 Å². The van der Waals surface area contributed by atoms with Gasteiger partial charge in [-0.1, -0.05) is 22.7 Å². The van der Waals surface area contributed by atoms with Crippen LogP contribution >= 0.6 is 11.5 Å². The first-order valence-electron chi connectivity index (χ1n) is 5.74. The Bertz CT molecular complexity index is 640. The average Bonchev–Trinajstić information content (AvgIpc) is 2.97. The Morgan fingerprint density at radius 2 is 2.17 bits per heavy atom. The fraction of sp³-hybridized carbons (Fsp3) is 0.231. The van der Waals surface area contributed by atoms with E-state index in [1.54, 1.807) is 0 Å². The Kier molecular flexibility index (Phi) is 2.85. The van der Waals surface area contributed by atoms with Crippen LogP contribution in [0.2, 0.25) is 0 Å². The molecule has 0 saturated heterocycles. The summed E-state index contributed by atoms with van der Waals surface area (Å²) in [6.45, 7) is 1.96. The van der Waals surface area contributed by atoms with E-state index in [0.717, 1.165) is 27.3 Å². The topological polar surface area (TPSA) is 51.0 Å². The van der Waals surface area contributed by atoms with Crippen LogP contribution < -0.4 is 5.32 Å². The van der Waals surface area contributed by atoms with Crippen molar-refractivity contribution in [1.29, 1.82) is 0 Å². The lowest BCUT2D eigenvalue weighted by Gasteiger charge is -2.11. The molecule has 0 aliphatic carbocycles. The fourth-order valence-electron chi connectivity index (χ4n) is 2.05. The maximum atomic E-state index is 5.89. The van der Waals surface area contributed by atoms with Crippen LogP contribution in [0.5, 0.6) is 0 Å². The van der Waals surface area contributed by atoms with E-state index >= 15 is 0 Å². The molecule has 0 radical (unpaired) electrons. The van der Waals surface area contributed by atoms with Crippen molar-refractivity contribution in [3.63, 3.8) is 0 Å². The molecule has 0 fully saturated rings. The van der Waals surface area contributed by atoms with Crippen LogP contribution in [0.1, 0.15) is 22.4 Å². The summed E-state index contributed by atoms with van der Waals surface area (Å²) in [6.07, 6.45) is 0. The SMILES string of the molecule is CNC(c1cc2ccccc2o1)c1snnc1C. The highest BCUT2D eigenvalue weighted by atomic mass is 32.1. The van der Waals surface area contributed by atoms with Crippen LogP contribution in [0.25, 0.3) is 11.0 Å². The van der Waals surface area contributed by atoms with Gasteiger partial charge in [-0.25, -0.2) is 0 Å². The van der Waals surface area contributed by atoms with Gasteiger partial charge < -0.3 is 9.73 Å². The van der Waals surface area contributed by atoms with Crippen molar-refractivity contribution < 1.29 is 4.42 Å². The molecule has 2 heterocycles. The monoisotopic (exact) mass is 259 g/mol. The first-order chi connectivity index (χ1) is 8.79. The molecule has 0 aliphatic rings. The fourth-order valence-corrected chi connectivity index (χ4v) is 2.81. The minimum atomic E-state index is 0.0115. The van der Waals surface area contributed by atoms with Gasteiger partial charge >= 0.3 is 0 Å². The molecule has 4 nitrogen and oxygen atoms in total. The molecule has 3 aromatic rings. The second-order valence-electron chi connectivity index (χ2n) is 4.13. The summed E-state index contributed by atoms with van der Waals surface area (Å²) in [6, 6.07) is 10.1. The van der Waals surface area contributed by atoms with Gasteiger partial charge in [0.25, 0.3) is 0 Å². The minimum absolute atomic E-state index is 0.0115. The number of furan rings is 1. The largest absolute Gasteiger partial charge is 0.459 e. The van der Waals surface area contributed by atoms with Crippen LogP contribution in [-0.2, 0) is 0 Å². The van der Waals surface area contributed by atoms with Crippen LogP contribution in [0.4, 0.5) is 0 Å². The zero-order valence-corrected chi connectivity index (χ0v) is 11.0. The predicted octanol–water partition coefficient (Wildman–Crippen LogP) is 2.90. The number of nitrogens with zero attached hydrogens (tertiary/aromatic N) is 2. The third-order valence-corrected chi connectivity index (χ3v) is 3.86. The normalized spacial score (nSPS) is 13.0. The molecule has 92 valence electrons. The van der Waals surface area contributed by atoms with E-state index in [9.17, 15) is 0 Å². The summed E-state index contributed by atoms with van der Waals surface area (Å²) >= 11 is 1.40. The molecule has 0 amide bonds. The van der Waals surface area contributed by atoms with Gasteiger partial charge in [-0.15, -0.1) is 5.10 Å². The van der Waals surface area contributed by atoms with E-state index in [0.29, 0.717) is 0 Å². The van der Waals surface area contributed by atoms with Gasteiger partial charge in [0.05, 0.1) is 10.6 Å². The lowest BCUT2D eigenvalue weighted by Crippen LogP contribution is -2.16. The molecule has 0 aliphatic heterocycles. The van der Waals surface area contributed by atoms with E-state index in [2.05, 4.69) is 21.0 Å². The Morgan fingerprint density at radius 3 is 2.83 bits per heavy atom. The number of fused-ring (bicyclic) bond motifs is 1. The van der Waals surface area contributed by atoms with Gasteiger partial charge in [-0.3, -0.25) is 0 Å². The molecule has 18 heavy (non-hydrogen) atoms. The molecule has 1 atom stereocenters. The van der Waals surface area contributed by atoms with E-state index in [4.69, 9.17) is 4.42 Å². The zero-order valence-electron chi connectivity index (χ0n) is 10.2. The number of benzene rings is 1. The first kappa shape index (κ1) is 11.4. The van der Waals surface area contributed by atoms with Crippen molar-refractivity contribution in [3.05, 3.63) is 46.7 Å². The Morgan fingerprint density at radius 1 is 1.33 bits per heavy atom. The van der Waals surface area contributed by atoms with Gasteiger partial charge in [0.15, 0.2) is 0 Å². The second-order valence-corrected chi connectivity index (χ2v) is 4.92. The molecule has 5 heteroatoms. The Hall–Kier alpha value is -1.72. The van der Waals surface area contributed by atoms with Gasteiger partial charge in [0.2, 0.25) is 0 Å². The lowest BCUT2D eigenvalue weighted by atomic mass is 10.1. The molecule has 1 unspecified atom stereocenters. The third-order valence-electron chi connectivity index (χ3n) is 2.97. The highest BCUT2D eigenvalue weighted by Gasteiger charge is 2.21. The molecule has 0 bridgehead atoms. The van der Waals surface area contributed by atoms with Gasteiger partial charge in [-0.05, 0) is 37.6 Å². The van der Waals surface area contributed by atoms with Crippen LogP contribution in [0, 0.1) is 6.92 Å². The van der Waals surface area contributed by atoms with E-state index < -0.39 is 0 Å². The molecule has 2 aromatic heterocycles. The summed E-state index contributed by atoms with van der Waals surface area (Å²) in [5, 5.41) is 8.42. The van der Waals surface area contributed by atoms with Gasteiger partial charge in [-0.2, -0.15) is 0 Å². The van der Waals surface area contributed by atoms with Crippen molar-refractivity contribution in [2.45, 2.75) is 13.0 Å². The van der Waals surface area contributed by atoms with Crippen molar-refractivity contribution in [3.8, 4) is 0 Å². The van der Waals surface area contributed by atoms with E-state index in [1.807, 2.05) is 38.2 Å². The molecule has 1 N–H and O–H groups in total. The summed E-state index contributed by atoms with van der Waals surface area (Å²) in [5.41, 5.74) is 1.85. The lowest BCUT2D eigenvalue weighted by molar-refractivity contribution is 0.494. The third kappa shape index (κ3) is 1.81. The maximum absolute atomic E-state index is 5.89. The smallest absolute Gasteiger partial charge is 0.134 e. The number of para-hydroxylation sites is 1. The van der Waals surface area contributed by atoms with Crippen molar-refractivity contribution in [1.82, 2.24) is 14.9 Å². The Balaban J connectivity index is 2.09. The summed E-state index contributed by atoms with van der Waals surface area (Å²) in [4.78, 5) is 1.09. The minimum Gasteiger partial charge on any atom is -0.459 e. The van der Waals surface area contributed by atoms with E-state index in [1.165, 1.54) is 11.5 Å². The Labute approximate surface area is 109 Å². The quantitative estimate of drug-likeness (QED) is 0.785. The number of aryl methyl sites for hydroxylation is 1.